The zero-order valence-corrected chi connectivity index (χ0v) is 9.01. The number of nitrogens with zero attached hydrogens (tertiary/aromatic N) is 1. The Hall–Kier alpha value is -2.71. The van der Waals surface area contributed by atoms with Crippen molar-refractivity contribution in [1.29, 1.82) is 5.26 Å². The number of benzene rings is 2. The topological polar surface area (TPSA) is 44.0 Å². The Morgan fingerprint density at radius 1 is 0.824 bits per heavy atom. The van der Waals surface area contributed by atoms with Crippen LogP contribution in [0.1, 0.15) is 16.7 Å². The molecular weight excluding hydrogens is 210 g/mol. The van der Waals surface area contributed by atoms with Crippen molar-refractivity contribution in [3.63, 3.8) is 0 Å². The summed E-state index contributed by atoms with van der Waals surface area (Å²) >= 11 is 0. The van der Waals surface area contributed by atoms with Crippen molar-refractivity contribution in [1.82, 2.24) is 0 Å². The molecule has 0 atom stereocenters. The van der Waals surface area contributed by atoms with E-state index in [0.29, 0.717) is 5.56 Å². The number of rotatable bonds is 0. The largest absolute Gasteiger partial charge is 0.508 e. The molecular formula is C15H9NO. The summed E-state index contributed by atoms with van der Waals surface area (Å²) in [6, 6.07) is 15.9. The molecule has 0 amide bonds. The van der Waals surface area contributed by atoms with Crippen LogP contribution in [0.15, 0.2) is 48.5 Å². The van der Waals surface area contributed by atoms with Crippen molar-refractivity contribution in [2.24, 2.45) is 0 Å². The minimum atomic E-state index is 0.197. The van der Waals surface area contributed by atoms with Gasteiger partial charge >= 0.3 is 0 Å². The zero-order valence-electron chi connectivity index (χ0n) is 9.01. The SMILES string of the molecule is N#Cc1cccc(C#Cc2cccc(O)c2)c1. The van der Waals surface area contributed by atoms with E-state index in [-0.39, 0.29) is 5.75 Å². The molecule has 0 aliphatic heterocycles. The molecule has 2 aromatic carbocycles. The molecule has 0 bridgehead atoms. The minimum absolute atomic E-state index is 0.197. The monoisotopic (exact) mass is 219 g/mol. The van der Waals surface area contributed by atoms with E-state index in [0.717, 1.165) is 11.1 Å². The average Bonchev–Trinajstić information content (AvgIpc) is 2.37. The Morgan fingerprint density at radius 2 is 1.41 bits per heavy atom. The van der Waals surface area contributed by atoms with Crippen molar-refractivity contribution < 1.29 is 5.11 Å². The standard InChI is InChI=1S/C15H9NO/c16-11-14-5-1-3-12(9-14)7-8-13-4-2-6-15(17)10-13/h1-6,9-10,17H. The summed E-state index contributed by atoms with van der Waals surface area (Å²) in [5.41, 5.74) is 2.12. The maximum absolute atomic E-state index is 9.28. The van der Waals surface area contributed by atoms with Gasteiger partial charge in [-0.05, 0) is 36.4 Å². The number of aromatic hydroxyl groups is 1. The van der Waals surface area contributed by atoms with Crippen LogP contribution in [-0.4, -0.2) is 5.11 Å². The van der Waals surface area contributed by atoms with Crippen LogP contribution < -0.4 is 0 Å². The fourth-order valence-electron chi connectivity index (χ4n) is 1.39. The van der Waals surface area contributed by atoms with E-state index in [1.165, 1.54) is 0 Å². The van der Waals surface area contributed by atoms with E-state index in [2.05, 4.69) is 17.9 Å². The van der Waals surface area contributed by atoms with Crippen LogP contribution in [0.3, 0.4) is 0 Å². The quantitative estimate of drug-likeness (QED) is 0.692. The van der Waals surface area contributed by atoms with Crippen molar-refractivity contribution in [3.8, 4) is 23.7 Å². The molecule has 1 N–H and O–H groups in total. The van der Waals surface area contributed by atoms with E-state index in [9.17, 15) is 5.11 Å². The van der Waals surface area contributed by atoms with Gasteiger partial charge in [0.1, 0.15) is 5.75 Å². The van der Waals surface area contributed by atoms with Crippen LogP contribution in [0.2, 0.25) is 0 Å². The summed E-state index contributed by atoms with van der Waals surface area (Å²) < 4.78 is 0. The molecule has 0 saturated carbocycles. The molecule has 0 spiro atoms. The summed E-state index contributed by atoms with van der Waals surface area (Å²) in [6.45, 7) is 0. The number of hydrogen-bond donors (Lipinski definition) is 1. The van der Waals surface area contributed by atoms with E-state index >= 15 is 0 Å². The lowest BCUT2D eigenvalue weighted by molar-refractivity contribution is 0.475. The van der Waals surface area contributed by atoms with E-state index in [1.54, 1.807) is 36.4 Å². The van der Waals surface area contributed by atoms with Crippen molar-refractivity contribution in [3.05, 3.63) is 65.2 Å². The summed E-state index contributed by atoms with van der Waals surface area (Å²) in [5.74, 6) is 6.08. The third kappa shape index (κ3) is 2.87. The second-order valence-electron chi connectivity index (χ2n) is 3.49. The molecule has 2 heteroatoms. The molecule has 0 aliphatic carbocycles. The Morgan fingerprint density at radius 3 is 2.06 bits per heavy atom. The van der Waals surface area contributed by atoms with Gasteiger partial charge in [0.25, 0.3) is 0 Å². The lowest BCUT2D eigenvalue weighted by Crippen LogP contribution is -1.78. The highest BCUT2D eigenvalue weighted by Crippen LogP contribution is 2.10. The Balaban J connectivity index is 2.30. The van der Waals surface area contributed by atoms with Crippen LogP contribution in [0, 0.1) is 23.2 Å². The maximum atomic E-state index is 9.28. The lowest BCUT2D eigenvalue weighted by atomic mass is 10.1. The Labute approximate surface area is 99.8 Å². The molecule has 2 aromatic rings. The molecule has 0 heterocycles. The first-order valence-electron chi connectivity index (χ1n) is 5.09. The highest BCUT2D eigenvalue weighted by atomic mass is 16.3. The number of nitriles is 1. The minimum Gasteiger partial charge on any atom is -0.508 e. The van der Waals surface area contributed by atoms with Gasteiger partial charge < -0.3 is 5.11 Å². The third-order valence-electron chi connectivity index (χ3n) is 2.19. The predicted molar refractivity (Wildman–Crippen MR) is 65.2 cm³/mol. The number of hydrogen-bond acceptors (Lipinski definition) is 2. The van der Waals surface area contributed by atoms with Gasteiger partial charge in [0.15, 0.2) is 0 Å². The van der Waals surface area contributed by atoms with Crippen molar-refractivity contribution in [2.75, 3.05) is 0 Å². The van der Waals surface area contributed by atoms with Gasteiger partial charge in [-0.15, -0.1) is 0 Å². The molecule has 17 heavy (non-hydrogen) atoms. The maximum Gasteiger partial charge on any atom is 0.116 e. The third-order valence-corrected chi connectivity index (χ3v) is 2.19. The first kappa shape index (κ1) is 10.8. The van der Waals surface area contributed by atoms with Crippen LogP contribution in [0.5, 0.6) is 5.75 Å². The summed E-state index contributed by atoms with van der Waals surface area (Å²) in [6.07, 6.45) is 0. The number of phenolic OH excluding ortho intramolecular Hbond substituents is 1. The highest BCUT2D eigenvalue weighted by Gasteiger charge is 1.92. The van der Waals surface area contributed by atoms with E-state index in [1.807, 2.05) is 12.1 Å². The molecule has 0 radical (unpaired) electrons. The van der Waals surface area contributed by atoms with Gasteiger partial charge in [-0.2, -0.15) is 5.26 Å². The smallest absolute Gasteiger partial charge is 0.116 e. The van der Waals surface area contributed by atoms with Gasteiger partial charge in [0, 0.05) is 11.1 Å². The van der Waals surface area contributed by atoms with Crippen molar-refractivity contribution >= 4 is 0 Å². The second-order valence-corrected chi connectivity index (χ2v) is 3.49. The molecule has 0 aliphatic rings. The van der Waals surface area contributed by atoms with Crippen molar-refractivity contribution in [2.45, 2.75) is 0 Å². The molecule has 0 aromatic heterocycles. The first-order chi connectivity index (χ1) is 8.28. The second kappa shape index (κ2) is 4.88. The summed E-state index contributed by atoms with van der Waals surface area (Å²) in [5, 5.41) is 18.0. The summed E-state index contributed by atoms with van der Waals surface area (Å²) in [7, 11) is 0. The normalized spacial score (nSPS) is 8.88. The molecule has 2 nitrogen and oxygen atoms in total. The van der Waals surface area contributed by atoms with Gasteiger partial charge in [-0.25, -0.2) is 0 Å². The van der Waals surface area contributed by atoms with Crippen LogP contribution in [0.25, 0.3) is 0 Å². The number of phenols is 1. The zero-order chi connectivity index (χ0) is 12.1. The molecule has 2 rings (SSSR count). The van der Waals surface area contributed by atoms with Gasteiger partial charge in [-0.1, -0.05) is 24.0 Å². The fraction of sp³-hybridized carbons (Fsp3) is 0. The Kier molecular flexibility index (Phi) is 3.10. The molecule has 0 fully saturated rings. The fourth-order valence-corrected chi connectivity index (χ4v) is 1.39. The van der Waals surface area contributed by atoms with Gasteiger partial charge in [-0.3, -0.25) is 0 Å². The van der Waals surface area contributed by atoms with Gasteiger partial charge in [0.2, 0.25) is 0 Å². The highest BCUT2D eigenvalue weighted by molar-refractivity contribution is 5.47. The Bertz CT molecular complexity index is 642. The predicted octanol–water partition coefficient (Wildman–Crippen LogP) is 2.66. The van der Waals surface area contributed by atoms with E-state index < -0.39 is 0 Å². The van der Waals surface area contributed by atoms with Gasteiger partial charge in [0.05, 0.1) is 11.6 Å². The molecule has 80 valence electrons. The molecule has 0 unspecified atom stereocenters. The van der Waals surface area contributed by atoms with Crippen LogP contribution >= 0.6 is 0 Å². The first-order valence-corrected chi connectivity index (χ1v) is 5.09. The van der Waals surface area contributed by atoms with Crippen LogP contribution in [0.4, 0.5) is 0 Å². The van der Waals surface area contributed by atoms with Crippen LogP contribution in [-0.2, 0) is 0 Å². The lowest BCUT2D eigenvalue weighted by Gasteiger charge is -1.92. The average molecular weight is 219 g/mol. The van der Waals surface area contributed by atoms with E-state index in [4.69, 9.17) is 5.26 Å². The summed E-state index contributed by atoms with van der Waals surface area (Å²) in [4.78, 5) is 0. The molecule has 0 saturated heterocycles.